The third-order valence-electron chi connectivity index (χ3n) is 1.50. The van der Waals surface area contributed by atoms with E-state index in [0.29, 0.717) is 0 Å². The van der Waals surface area contributed by atoms with Crippen molar-refractivity contribution in [1.29, 1.82) is 0 Å². The summed E-state index contributed by atoms with van der Waals surface area (Å²) in [6.45, 7) is 0. The van der Waals surface area contributed by atoms with Crippen LogP contribution >= 0.6 is 0 Å². The molecule has 0 saturated carbocycles. The number of carbonyl (C=O) groups is 1. The van der Waals surface area contributed by atoms with Crippen molar-refractivity contribution in [3.05, 3.63) is 29.3 Å². The van der Waals surface area contributed by atoms with Crippen LogP contribution in [0.2, 0.25) is 0 Å². The predicted molar refractivity (Wildman–Crippen MR) is 38.0 cm³/mol. The van der Waals surface area contributed by atoms with Crippen LogP contribution in [0.5, 0.6) is 5.75 Å². The maximum atomic E-state index is 12.8. The summed E-state index contributed by atoms with van der Waals surface area (Å²) in [5.41, 5.74) is 0. The molecule has 1 rings (SSSR count). The van der Waals surface area contributed by atoms with E-state index in [2.05, 4.69) is 4.74 Å². The summed E-state index contributed by atoms with van der Waals surface area (Å²) < 4.78 is 88.8. The van der Waals surface area contributed by atoms with Crippen LogP contribution < -0.4 is 4.74 Å². The minimum absolute atomic E-state index is 0.240. The first-order valence-electron chi connectivity index (χ1n) is 3.76. The minimum Gasteiger partial charge on any atom is -0.413 e. The standard InChI is InChI=1S/C8HF7O2/c9-2-1-3(10)5(12)6(4(2)11)17-7(16)8(13,14)15/h1H. The van der Waals surface area contributed by atoms with Crippen LogP contribution in [0.25, 0.3) is 0 Å². The molecule has 1 aromatic rings. The molecule has 0 bridgehead atoms. The topological polar surface area (TPSA) is 26.3 Å². The van der Waals surface area contributed by atoms with Crippen molar-refractivity contribution < 1.29 is 40.3 Å². The number of ether oxygens (including phenoxy) is 1. The Hall–Kier alpha value is -1.80. The molecule has 0 amide bonds. The van der Waals surface area contributed by atoms with Gasteiger partial charge in [-0.05, 0) is 0 Å². The first kappa shape index (κ1) is 13.3. The molecule has 0 aliphatic rings. The van der Waals surface area contributed by atoms with Crippen LogP contribution in [-0.2, 0) is 4.79 Å². The fraction of sp³-hybridized carbons (Fsp3) is 0.125. The van der Waals surface area contributed by atoms with E-state index in [1.54, 1.807) is 0 Å². The molecule has 9 heteroatoms. The van der Waals surface area contributed by atoms with Gasteiger partial charge in [-0.1, -0.05) is 0 Å². The lowest BCUT2D eigenvalue weighted by Crippen LogP contribution is -2.29. The Morgan fingerprint density at radius 2 is 1.41 bits per heavy atom. The summed E-state index contributed by atoms with van der Waals surface area (Å²) in [6, 6.07) is -0.240. The van der Waals surface area contributed by atoms with Crippen LogP contribution in [0.4, 0.5) is 30.7 Å². The largest absolute Gasteiger partial charge is 0.491 e. The maximum absolute atomic E-state index is 12.8. The van der Waals surface area contributed by atoms with E-state index in [0.717, 1.165) is 0 Å². The molecule has 0 aliphatic heterocycles. The number of alkyl halides is 3. The number of hydrogen-bond donors (Lipinski definition) is 0. The van der Waals surface area contributed by atoms with E-state index in [4.69, 9.17) is 0 Å². The second kappa shape index (κ2) is 4.22. The summed E-state index contributed by atoms with van der Waals surface area (Å²) in [4.78, 5) is 10.2. The molecule has 1 aromatic carbocycles. The van der Waals surface area contributed by atoms with Gasteiger partial charge in [0.15, 0.2) is 11.6 Å². The molecule has 0 fully saturated rings. The third kappa shape index (κ3) is 2.66. The Bertz CT molecular complexity index is 440. The summed E-state index contributed by atoms with van der Waals surface area (Å²) in [5, 5.41) is 0. The average Bonchev–Trinajstić information content (AvgIpc) is 2.20. The van der Waals surface area contributed by atoms with E-state index in [1.807, 2.05) is 0 Å². The quantitative estimate of drug-likeness (QED) is 0.336. The van der Waals surface area contributed by atoms with Crippen LogP contribution in [0.1, 0.15) is 0 Å². The summed E-state index contributed by atoms with van der Waals surface area (Å²) in [6.07, 6.45) is -5.55. The molecule has 0 unspecified atom stereocenters. The molecule has 0 aromatic heterocycles. The lowest BCUT2D eigenvalue weighted by Gasteiger charge is -2.09. The van der Waals surface area contributed by atoms with Crippen molar-refractivity contribution in [2.45, 2.75) is 6.18 Å². The zero-order valence-electron chi connectivity index (χ0n) is 7.54. The molecular weight excluding hydrogens is 261 g/mol. The summed E-state index contributed by atoms with van der Waals surface area (Å²) >= 11 is 0. The number of halogens is 7. The van der Waals surface area contributed by atoms with Gasteiger partial charge >= 0.3 is 12.1 Å². The first-order valence-corrected chi connectivity index (χ1v) is 3.76. The van der Waals surface area contributed by atoms with Gasteiger partial charge in [0.1, 0.15) is 0 Å². The molecule has 0 aliphatic carbocycles. The van der Waals surface area contributed by atoms with Gasteiger partial charge in [-0.3, -0.25) is 0 Å². The number of hydrogen-bond acceptors (Lipinski definition) is 2. The van der Waals surface area contributed by atoms with Crippen molar-refractivity contribution in [3.63, 3.8) is 0 Å². The molecule has 0 heterocycles. The smallest absolute Gasteiger partial charge is 0.413 e. The van der Waals surface area contributed by atoms with Crippen molar-refractivity contribution in [1.82, 2.24) is 0 Å². The molecule has 0 atom stereocenters. The second-order valence-electron chi connectivity index (χ2n) is 2.68. The van der Waals surface area contributed by atoms with Crippen molar-refractivity contribution >= 4 is 5.97 Å². The Labute approximate surface area is 88.6 Å². The normalized spacial score (nSPS) is 11.5. The fourth-order valence-electron chi connectivity index (χ4n) is 0.791. The van der Waals surface area contributed by atoms with Gasteiger partial charge in [0.25, 0.3) is 0 Å². The van der Waals surface area contributed by atoms with Crippen molar-refractivity contribution in [2.24, 2.45) is 0 Å². The van der Waals surface area contributed by atoms with E-state index < -0.39 is 41.2 Å². The number of benzene rings is 1. The van der Waals surface area contributed by atoms with E-state index in [-0.39, 0.29) is 6.07 Å². The zero-order chi connectivity index (χ0) is 13.4. The van der Waals surface area contributed by atoms with E-state index in [1.165, 1.54) is 0 Å². The average molecular weight is 262 g/mol. The Morgan fingerprint density at radius 1 is 1.00 bits per heavy atom. The van der Waals surface area contributed by atoms with Crippen LogP contribution in [0.15, 0.2) is 6.07 Å². The monoisotopic (exact) mass is 262 g/mol. The van der Waals surface area contributed by atoms with Crippen LogP contribution in [-0.4, -0.2) is 12.1 Å². The van der Waals surface area contributed by atoms with Gasteiger partial charge in [0.2, 0.25) is 17.4 Å². The van der Waals surface area contributed by atoms with Gasteiger partial charge in [-0.25, -0.2) is 13.6 Å². The highest BCUT2D eigenvalue weighted by Crippen LogP contribution is 2.28. The molecule has 0 N–H and O–H groups in total. The highest BCUT2D eigenvalue weighted by atomic mass is 19.4. The highest BCUT2D eigenvalue weighted by molar-refractivity contribution is 5.78. The number of esters is 1. The molecule has 0 saturated heterocycles. The SMILES string of the molecule is O=C(Oc1c(F)c(F)cc(F)c1F)C(F)(F)F. The minimum atomic E-state index is -5.55. The predicted octanol–water partition coefficient (Wildman–Crippen LogP) is 2.71. The Balaban J connectivity index is 3.20. The Kier molecular flexibility index (Phi) is 3.30. The first-order chi connectivity index (χ1) is 7.64. The molecule has 94 valence electrons. The Morgan fingerprint density at radius 3 is 1.76 bits per heavy atom. The van der Waals surface area contributed by atoms with E-state index >= 15 is 0 Å². The van der Waals surface area contributed by atoms with Crippen LogP contribution in [0.3, 0.4) is 0 Å². The molecule has 0 radical (unpaired) electrons. The van der Waals surface area contributed by atoms with Crippen molar-refractivity contribution in [3.8, 4) is 5.75 Å². The van der Waals surface area contributed by atoms with Gasteiger partial charge < -0.3 is 4.74 Å². The lowest BCUT2D eigenvalue weighted by atomic mass is 10.3. The van der Waals surface area contributed by atoms with Gasteiger partial charge in [0.05, 0.1) is 0 Å². The maximum Gasteiger partial charge on any atom is 0.491 e. The second-order valence-corrected chi connectivity index (χ2v) is 2.68. The van der Waals surface area contributed by atoms with Gasteiger partial charge in [-0.15, -0.1) is 0 Å². The van der Waals surface area contributed by atoms with Gasteiger partial charge in [0, 0.05) is 6.07 Å². The lowest BCUT2D eigenvalue weighted by molar-refractivity contribution is -0.190. The highest BCUT2D eigenvalue weighted by Gasteiger charge is 2.42. The van der Waals surface area contributed by atoms with Crippen LogP contribution in [0, 0.1) is 23.3 Å². The summed E-state index contributed by atoms with van der Waals surface area (Å²) in [7, 11) is 0. The summed E-state index contributed by atoms with van der Waals surface area (Å²) in [5.74, 6) is -13.5. The van der Waals surface area contributed by atoms with Crippen molar-refractivity contribution in [2.75, 3.05) is 0 Å². The molecule has 17 heavy (non-hydrogen) atoms. The molecule has 2 nitrogen and oxygen atoms in total. The van der Waals surface area contributed by atoms with Gasteiger partial charge in [-0.2, -0.15) is 22.0 Å². The third-order valence-corrected chi connectivity index (χ3v) is 1.50. The van der Waals surface area contributed by atoms with E-state index in [9.17, 15) is 35.5 Å². The fourth-order valence-corrected chi connectivity index (χ4v) is 0.791. The zero-order valence-corrected chi connectivity index (χ0v) is 7.54. The number of rotatable bonds is 1. The number of carbonyl (C=O) groups excluding carboxylic acids is 1. The molecule has 0 spiro atoms. The molecular formula is C8HF7O2.